The van der Waals surface area contributed by atoms with Crippen LogP contribution in [0.5, 0.6) is 0 Å². The highest BCUT2D eigenvalue weighted by Gasteiger charge is 2.20. The predicted octanol–water partition coefficient (Wildman–Crippen LogP) is 4.06. The van der Waals surface area contributed by atoms with E-state index in [0.717, 1.165) is 47.3 Å². The van der Waals surface area contributed by atoms with Gasteiger partial charge in [-0.2, -0.15) is 5.26 Å². The highest BCUT2D eigenvalue weighted by atomic mass is 32.1. The van der Waals surface area contributed by atoms with Crippen LogP contribution < -0.4 is 19.7 Å². The Morgan fingerprint density at radius 1 is 1.05 bits per heavy atom. The maximum absolute atomic E-state index is 12.8. The zero-order valence-electron chi connectivity index (χ0n) is 22.3. The lowest BCUT2D eigenvalue weighted by atomic mass is 10.0. The number of nitriles is 1. The van der Waals surface area contributed by atoms with Gasteiger partial charge in [-0.05, 0) is 60.2 Å². The minimum Gasteiger partial charge on any atom is -0.480 e. The highest BCUT2D eigenvalue weighted by molar-refractivity contribution is 7.07. The summed E-state index contributed by atoms with van der Waals surface area (Å²) in [6.07, 6.45) is 11.6. The molecular weight excluding hydrogens is 526 g/mol. The van der Waals surface area contributed by atoms with E-state index in [9.17, 15) is 29.9 Å². The van der Waals surface area contributed by atoms with Crippen LogP contribution >= 0.6 is 11.3 Å². The van der Waals surface area contributed by atoms with Gasteiger partial charge in [0.15, 0.2) is 5.57 Å². The molecule has 8 nitrogen and oxygen atoms in total. The molecule has 0 saturated heterocycles. The summed E-state index contributed by atoms with van der Waals surface area (Å²) < 4.78 is 0.768. The molecule has 0 saturated carbocycles. The summed E-state index contributed by atoms with van der Waals surface area (Å²) >= 11 is 0.787. The van der Waals surface area contributed by atoms with Gasteiger partial charge in [0.1, 0.15) is 17.3 Å². The number of allylic oxidation sites excluding steroid dienone is 1. The summed E-state index contributed by atoms with van der Waals surface area (Å²) in [7, 11) is 0. The van der Waals surface area contributed by atoms with Gasteiger partial charge in [0.05, 0.1) is 4.53 Å². The number of thiazole rings is 1. The van der Waals surface area contributed by atoms with Crippen molar-refractivity contribution in [3.8, 4) is 6.07 Å². The number of benzene rings is 2. The van der Waals surface area contributed by atoms with Crippen molar-refractivity contribution in [2.75, 3.05) is 11.4 Å². The standard InChI is InChI=1S/C31H31N3O5S/c1-2-3-4-7-17-33-25-11-6-5-10-22(25)14-15-23-18-21(13-16-26(23)33)9-8-12-27-29(37)34(20-28(35)36)30(40-27)24(19-32)31(38)39/h5-6,8-13,16,18H,2-4,7,14-15,17,20H2,1H3,(H,35,36)(H,38,39)/b9-8+,27-12+,30-24+. The number of unbranched alkanes of at least 4 members (excludes halogenated alkanes) is 3. The predicted molar refractivity (Wildman–Crippen MR) is 157 cm³/mol. The number of para-hydroxylation sites is 1. The first-order valence-electron chi connectivity index (χ1n) is 13.3. The fourth-order valence-electron chi connectivity index (χ4n) is 4.93. The van der Waals surface area contributed by atoms with Gasteiger partial charge in [0.2, 0.25) is 0 Å². The smallest absolute Gasteiger partial charge is 0.349 e. The Kier molecular flexibility index (Phi) is 9.35. The molecule has 0 unspecified atom stereocenters. The lowest BCUT2D eigenvalue weighted by Crippen LogP contribution is -2.35. The van der Waals surface area contributed by atoms with Crippen LogP contribution in [-0.2, 0) is 29.0 Å². The normalized spacial score (nSPS) is 13.9. The molecular formula is C31H31N3O5S. The number of aliphatic carboxylic acids is 2. The molecule has 2 N–H and O–H groups in total. The largest absolute Gasteiger partial charge is 0.480 e. The number of fused-ring (bicyclic) bond motifs is 2. The van der Waals surface area contributed by atoms with Crippen LogP contribution in [0.2, 0.25) is 0 Å². The van der Waals surface area contributed by atoms with Crippen molar-refractivity contribution in [2.45, 2.75) is 52.0 Å². The monoisotopic (exact) mass is 557 g/mol. The Balaban J connectivity index is 1.68. The zero-order chi connectivity index (χ0) is 28.6. The molecule has 206 valence electrons. The third kappa shape index (κ3) is 6.41. The Morgan fingerprint density at radius 2 is 1.80 bits per heavy atom. The van der Waals surface area contributed by atoms with Crippen LogP contribution in [0.25, 0.3) is 17.7 Å². The molecule has 40 heavy (non-hydrogen) atoms. The Bertz CT molecular complexity index is 1680. The second-order valence-corrected chi connectivity index (χ2v) is 10.6. The minimum atomic E-state index is -1.52. The molecule has 2 aromatic carbocycles. The number of aromatic nitrogens is 1. The van der Waals surface area contributed by atoms with E-state index in [1.165, 1.54) is 47.8 Å². The Morgan fingerprint density at radius 3 is 2.52 bits per heavy atom. The molecule has 0 fully saturated rings. The first kappa shape index (κ1) is 28.6. The second-order valence-electron chi connectivity index (χ2n) is 9.60. The zero-order valence-corrected chi connectivity index (χ0v) is 23.1. The van der Waals surface area contributed by atoms with E-state index >= 15 is 0 Å². The number of carbonyl (C=O) groups is 2. The summed E-state index contributed by atoms with van der Waals surface area (Å²) in [4.78, 5) is 38.0. The molecule has 4 rings (SSSR count). The van der Waals surface area contributed by atoms with Crippen molar-refractivity contribution >= 4 is 52.4 Å². The van der Waals surface area contributed by atoms with Gasteiger partial charge in [0.25, 0.3) is 5.56 Å². The topological polar surface area (TPSA) is 124 Å². The van der Waals surface area contributed by atoms with E-state index in [4.69, 9.17) is 0 Å². The van der Waals surface area contributed by atoms with Crippen LogP contribution in [0.3, 0.4) is 0 Å². The van der Waals surface area contributed by atoms with Crippen molar-refractivity contribution in [3.05, 3.63) is 84.8 Å². The quantitative estimate of drug-likeness (QED) is 0.360. The van der Waals surface area contributed by atoms with Crippen LogP contribution in [0.1, 0.15) is 49.3 Å². The van der Waals surface area contributed by atoms with Crippen molar-refractivity contribution in [2.24, 2.45) is 0 Å². The van der Waals surface area contributed by atoms with Gasteiger partial charge in [-0.25, -0.2) is 4.79 Å². The molecule has 0 spiro atoms. The number of anilines is 2. The summed E-state index contributed by atoms with van der Waals surface area (Å²) in [6.45, 7) is 2.43. The second kappa shape index (κ2) is 13.1. The molecule has 0 aliphatic carbocycles. The summed E-state index contributed by atoms with van der Waals surface area (Å²) in [5, 5.41) is 27.8. The fraction of sp³-hybridized carbons (Fsp3) is 0.290. The maximum Gasteiger partial charge on any atom is 0.349 e. The number of nitrogens with zero attached hydrogens (tertiary/aromatic N) is 3. The number of rotatable bonds is 10. The highest BCUT2D eigenvalue weighted by Crippen LogP contribution is 2.36. The number of hydrogen-bond donors (Lipinski definition) is 2. The molecule has 0 radical (unpaired) electrons. The number of aryl methyl sites for hydroxylation is 2. The van der Waals surface area contributed by atoms with Crippen molar-refractivity contribution in [1.29, 1.82) is 5.26 Å². The molecule has 1 aliphatic heterocycles. The van der Waals surface area contributed by atoms with E-state index in [2.05, 4.69) is 48.2 Å². The van der Waals surface area contributed by atoms with Crippen molar-refractivity contribution < 1.29 is 19.8 Å². The summed E-state index contributed by atoms with van der Waals surface area (Å²) in [5.74, 6) is -2.83. The van der Waals surface area contributed by atoms with Gasteiger partial charge in [-0.3, -0.25) is 14.2 Å². The fourth-order valence-corrected chi connectivity index (χ4v) is 5.97. The lowest BCUT2D eigenvalue weighted by Gasteiger charge is -2.27. The van der Waals surface area contributed by atoms with Gasteiger partial charge < -0.3 is 15.1 Å². The summed E-state index contributed by atoms with van der Waals surface area (Å²) in [5.41, 5.74) is 4.67. The molecule has 1 aromatic heterocycles. The molecule has 3 aromatic rings. The van der Waals surface area contributed by atoms with Crippen LogP contribution in [-0.4, -0.2) is 33.3 Å². The number of carboxylic acid groups (broad SMARTS) is 2. The SMILES string of the molecule is CCCCCCN1c2ccccc2CCc2cc(/C=C/C=c3/s/c(=C(\C#N)C(=O)O)n(CC(=O)O)c3=O)ccc21. The molecule has 2 heterocycles. The number of carboxylic acids is 2. The molecule has 0 atom stereocenters. The summed E-state index contributed by atoms with van der Waals surface area (Å²) in [6, 6.07) is 16.4. The van der Waals surface area contributed by atoms with E-state index in [1.807, 2.05) is 12.1 Å². The van der Waals surface area contributed by atoms with Gasteiger partial charge in [0, 0.05) is 17.9 Å². The first-order chi connectivity index (χ1) is 19.3. The van der Waals surface area contributed by atoms with Crippen LogP contribution in [0.15, 0.2) is 53.3 Å². The van der Waals surface area contributed by atoms with E-state index in [-0.39, 0.29) is 9.20 Å². The molecule has 0 amide bonds. The molecule has 9 heteroatoms. The minimum absolute atomic E-state index is 0.143. The van der Waals surface area contributed by atoms with Gasteiger partial charge in [-0.1, -0.05) is 62.6 Å². The third-order valence-electron chi connectivity index (χ3n) is 6.85. The van der Waals surface area contributed by atoms with Crippen molar-refractivity contribution in [3.63, 3.8) is 0 Å². The van der Waals surface area contributed by atoms with E-state index in [0.29, 0.717) is 0 Å². The van der Waals surface area contributed by atoms with Crippen molar-refractivity contribution in [1.82, 2.24) is 4.57 Å². The Labute approximate surface area is 236 Å². The number of hydrogen-bond acceptors (Lipinski definition) is 6. The lowest BCUT2D eigenvalue weighted by molar-refractivity contribution is -0.138. The van der Waals surface area contributed by atoms with E-state index in [1.54, 1.807) is 12.1 Å². The van der Waals surface area contributed by atoms with E-state index < -0.39 is 29.6 Å². The average Bonchev–Trinajstić information content (AvgIpc) is 3.12. The molecule has 0 bridgehead atoms. The first-order valence-corrected chi connectivity index (χ1v) is 14.1. The molecule has 1 aliphatic rings. The van der Waals surface area contributed by atoms with Crippen LogP contribution in [0.4, 0.5) is 11.4 Å². The average molecular weight is 558 g/mol. The van der Waals surface area contributed by atoms with Gasteiger partial charge in [-0.15, -0.1) is 11.3 Å². The maximum atomic E-state index is 12.8. The third-order valence-corrected chi connectivity index (χ3v) is 8.00. The Hall–Kier alpha value is -4.42. The van der Waals surface area contributed by atoms with Gasteiger partial charge >= 0.3 is 11.9 Å². The van der Waals surface area contributed by atoms with Crippen LogP contribution in [0, 0.1) is 11.3 Å².